The van der Waals surface area contributed by atoms with Gasteiger partial charge in [-0.25, -0.2) is 0 Å². The van der Waals surface area contributed by atoms with Crippen LogP contribution in [0.3, 0.4) is 0 Å². The van der Waals surface area contributed by atoms with Gasteiger partial charge < -0.3 is 10.3 Å². The van der Waals surface area contributed by atoms with E-state index in [0.717, 1.165) is 15.7 Å². The van der Waals surface area contributed by atoms with Gasteiger partial charge >= 0.3 is 0 Å². The third kappa shape index (κ3) is 1.63. The Kier molecular flexibility index (Phi) is 2.25. The van der Waals surface area contributed by atoms with Crippen molar-refractivity contribution in [2.45, 2.75) is 6.92 Å². The van der Waals surface area contributed by atoms with E-state index in [0.29, 0.717) is 11.6 Å². The Labute approximate surface area is 89.2 Å². The molecule has 5 heteroatoms. The van der Waals surface area contributed by atoms with Crippen molar-refractivity contribution >= 4 is 21.8 Å². The average molecular weight is 254 g/mol. The molecular formula is C9H8BrN3O. The number of rotatable bonds is 1. The van der Waals surface area contributed by atoms with Crippen molar-refractivity contribution in [2.75, 3.05) is 5.73 Å². The molecule has 2 N–H and O–H groups in total. The zero-order valence-electron chi connectivity index (χ0n) is 7.49. The van der Waals surface area contributed by atoms with Crippen LogP contribution < -0.4 is 5.73 Å². The maximum Gasteiger partial charge on any atom is 0.222 e. The van der Waals surface area contributed by atoms with Crippen LogP contribution in [0.15, 0.2) is 27.3 Å². The number of nitrogens with two attached hydrogens (primary N) is 1. The van der Waals surface area contributed by atoms with E-state index < -0.39 is 0 Å². The lowest BCUT2D eigenvalue weighted by molar-refractivity contribution is 0.439. The first-order chi connectivity index (χ1) is 6.66. The molecule has 2 aromatic heterocycles. The Morgan fingerprint density at radius 3 is 2.79 bits per heavy atom. The van der Waals surface area contributed by atoms with Crippen molar-refractivity contribution in [3.8, 4) is 11.4 Å². The van der Waals surface area contributed by atoms with Crippen molar-refractivity contribution < 1.29 is 4.52 Å². The van der Waals surface area contributed by atoms with Crippen molar-refractivity contribution in [1.29, 1.82) is 0 Å². The minimum absolute atomic E-state index is 0.295. The van der Waals surface area contributed by atoms with Crippen LogP contribution in [0.4, 0.5) is 5.88 Å². The third-order valence-electron chi connectivity index (χ3n) is 1.82. The zero-order chi connectivity index (χ0) is 10.1. The van der Waals surface area contributed by atoms with Crippen LogP contribution in [-0.2, 0) is 0 Å². The zero-order valence-corrected chi connectivity index (χ0v) is 9.08. The molecule has 0 fully saturated rings. The van der Waals surface area contributed by atoms with E-state index in [1.165, 1.54) is 0 Å². The van der Waals surface area contributed by atoms with Gasteiger partial charge in [-0.3, -0.25) is 4.98 Å². The Morgan fingerprint density at radius 2 is 2.21 bits per heavy atom. The Morgan fingerprint density at radius 1 is 1.43 bits per heavy atom. The lowest BCUT2D eigenvalue weighted by Crippen LogP contribution is -1.87. The Bertz CT molecular complexity index is 467. The predicted octanol–water partition coefficient (Wildman–Crippen LogP) is 2.39. The fourth-order valence-electron chi connectivity index (χ4n) is 1.21. The molecule has 0 bridgehead atoms. The molecule has 0 aliphatic rings. The smallest absolute Gasteiger partial charge is 0.222 e. The molecule has 0 saturated carbocycles. The molecule has 14 heavy (non-hydrogen) atoms. The first kappa shape index (κ1) is 9.21. The number of anilines is 1. The van der Waals surface area contributed by atoms with Gasteiger partial charge in [-0.05, 0) is 34.5 Å². The minimum Gasteiger partial charge on any atom is -0.368 e. The van der Waals surface area contributed by atoms with E-state index in [1.807, 2.05) is 13.0 Å². The monoisotopic (exact) mass is 253 g/mol. The molecule has 0 spiro atoms. The summed E-state index contributed by atoms with van der Waals surface area (Å²) in [4.78, 5) is 4.24. The molecule has 4 nitrogen and oxygen atoms in total. The molecule has 0 unspecified atom stereocenters. The lowest BCUT2D eigenvalue weighted by atomic mass is 10.2. The first-order valence-corrected chi connectivity index (χ1v) is 4.81. The summed E-state index contributed by atoms with van der Waals surface area (Å²) in [6.07, 6.45) is 1.72. The molecule has 2 aromatic rings. The molecule has 0 radical (unpaired) electrons. The minimum atomic E-state index is 0.295. The van der Waals surface area contributed by atoms with E-state index in [2.05, 4.69) is 26.1 Å². The Balaban J connectivity index is 2.52. The summed E-state index contributed by atoms with van der Waals surface area (Å²) < 4.78 is 5.72. The molecule has 0 atom stereocenters. The molecular weight excluding hydrogens is 246 g/mol. The van der Waals surface area contributed by atoms with Crippen LogP contribution in [0.25, 0.3) is 11.4 Å². The standard InChI is InChI=1S/C9H8BrN3O/c1-5-2-6(10)4-12-9(5)7-3-8(11)14-13-7/h2-4H,11H2,1H3. The number of aromatic nitrogens is 2. The van der Waals surface area contributed by atoms with Crippen LogP contribution in [-0.4, -0.2) is 10.1 Å². The number of hydrogen-bond donors (Lipinski definition) is 1. The van der Waals surface area contributed by atoms with E-state index in [-0.39, 0.29) is 0 Å². The quantitative estimate of drug-likeness (QED) is 0.848. The van der Waals surface area contributed by atoms with Gasteiger partial charge in [-0.15, -0.1) is 0 Å². The maximum absolute atomic E-state index is 5.43. The highest BCUT2D eigenvalue weighted by Gasteiger charge is 2.08. The van der Waals surface area contributed by atoms with Crippen LogP contribution in [0.1, 0.15) is 5.56 Å². The maximum atomic E-state index is 5.43. The highest BCUT2D eigenvalue weighted by molar-refractivity contribution is 9.10. The van der Waals surface area contributed by atoms with E-state index in [9.17, 15) is 0 Å². The van der Waals surface area contributed by atoms with Gasteiger partial charge in [0.25, 0.3) is 0 Å². The molecule has 72 valence electrons. The summed E-state index contributed by atoms with van der Waals surface area (Å²) in [6, 6.07) is 3.62. The number of halogens is 1. The number of pyridine rings is 1. The van der Waals surface area contributed by atoms with E-state index in [4.69, 9.17) is 10.3 Å². The SMILES string of the molecule is Cc1cc(Br)cnc1-c1cc(N)on1. The number of nitrogen functional groups attached to an aromatic ring is 1. The molecule has 0 aliphatic heterocycles. The molecule has 0 amide bonds. The largest absolute Gasteiger partial charge is 0.368 e. The Hall–Kier alpha value is -1.36. The van der Waals surface area contributed by atoms with Crippen molar-refractivity contribution in [1.82, 2.24) is 10.1 Å². The van der Waals surface area contributed by atoms with E-state index in [1.54, 1.807) is 12.3 Å². The third-order valence-corrected chi connectivity index (χ3v) is 2.25. The van der Waals surface area contributed by atoms with E-state index >= 15 is 0 Å². The lowest BCUT2D eigenvalue weighted by Gasteiger charge is -1.99. The summed E-state index contributed by atoms with van der Waals surface area (Å²) in [5.74, 6) is 0.295. The number of nitrogens with zero attached hydrogens (tertiary/aromatic N) is 2. The summed E-state index contributed by atoms with van der Waals surface area (Å²) in [5.41, 5.74) is 7.90. The number of aryl methyl sites for hydroxylation is 1. The molecule has 2 rings (SSSR count). The van der Waals surface area contributed by atoms with Gasteiger partial charge in [0, 0.05) is 16.7 Å². The average Bonchev–Trinajstić information content (AvgIpc) is 2.51. The highest BCUT2D eigenvalue weighted by Crippen LogP contribution is 2.23. The van der Waals surface area contributed by atoms with Crippen molar-refractivity contribution in [3.05, 3.63) is 28.4 Å². The second-order valence-corrected chi connectivity index (χ2v) is 3.85. The normalized spacial score (nSPS) is 10.4. The first-order valence-electron chi connectivity index (χ1n) is 4.01. The summed E-state index contributed by atoms with van der Waals surface area (Å²) in [6.45, 7) is 1.96. The van der Waals surface area contributed by atoms with Crippen LogP contribution in [0, 0.1) is 6.92 Å². The van der Waals surface area contributed by atoms with Gasteiger partial charge in [0.2, 0.25) is 5.88 Å². The van der Waals surface area contributed by atoms with Gasteiger partial charge in [-0.1, -0.05) is 5.16 Å². The number of hydrogen-bond acceptors (Lipinski definition) is 4. The fraction of sp³-hybridized carbons (Fsp3) is 0.111. The predicted molar refractivity (Wildman–Crippen MR) is 56.6 cm³/mol. The van der Waals surface area contributed by atoms with Crippen molar-refractivity contribution in [3.63, 3.8) is 0 Å². The molecule has 2 heterocycles. The second-order valence-electron chi connectivity index (χ2n) is 2.93. The second kappa shape index (κ2) is 3.42. The highest BCUT2D eigenvalue weighted by atomic mass is 79.9. The van der Waals surface area contributed by atoms with Crippen LogP contribution in [0.2, 0.25) is 0 Å². The van der Waals surface area contributed by atoms with Gasteiger partial charge in [0.1, 0.15) is 5.69 Å². The van der Waals surface area contributed by atoms with Crippen molar-refractivity contribution in [2.24, 2.45) is 0 Å². The van der Waals surface area contributed by atoms with Crippen LogP contribution in [0.5, 0.6) is 0 Å². The summed E-state index contributed by atoms with van der Waals surface area (Å²) in [7, 11) is 0. The van der Waals surface area contributed by atoms with Gasteiger partial charge in [0.15, 0.2) is 0 Å². The summed E-state index contributed by atoms with van der Waals surface area (Å²) in [5, 5.41) is 3.80. The van der Waals surface area contributed by atoms with Crippen LogP contribution >= 0.6 is 15.9 Å². The molecule has 0 saturated heterocycles. The topological polar surface area (TPSA) is 64.9 Å². The summed E-state index contributed by atoms with van der Waals surface area (Å²) >= 11 is 3.34. The fourth-order valence-corrected chi connectivity index (χ4v) is 1.66. The molecule has 0 aromatic carbocycles. The van der Waals surface area contributed by atoms with Gasteiger partial charge in [0.05, 0.1) is 5.69 Å². The molecule has 0 aliphatic carbocycles. The van der Waals surface area contributed by atoms with Gasteiger partial charge in [-0.2, -0.15) is 0 Å².